The monoisotopic (exact) mass is 303 g/mol. The fourth-order valence-electron chi connectivity index (χ4n) is 1.82. The molecule has 0 bridgehead atoms. The minimum absolute atomic E-state index is 0.169. The maximum Gasteiger partial charge on any atom is 0.338 e. The molecule has 0 aliphatic carbocycles. The van der Waals surface area contributed by atoms with Crippen molar-refractivity contribution < 1.29 is 14.3 Å². The predicted molar refractivity (Wildman–Crippen MR) is 84.1 cm³/mol. The first-order chi connectivity index (χ1) is 10.0. The first kappa shape index (κ1) is 15.3. The quantitative estimate of drug-likeness (QED) is 0.874. The van der Waals surface area contributed by atoms with Crippen molar-refractivity contribution >= 4 is 28.9 Å². The van der Waals surface area contributed by atoms with Gasteiger partial charge in [0, 0.05) is 10.6 Å². The first-order valence-corrected chi connectivity index (χ1v) is 7.48. The van der Waals surface area contributed by atoms with Crippen molar-refractivity contribution in [1.29, 1.82) is 0 Å². The lowest BCUT2D eigenvalue weighted by Crippen LogP contribution is -2.11. The highest BCUT2D eigenvalue weighted by Gasteiger charge is 2.12. The zero-order valence-corrected chi connectivity index (χ0v) is 13.0. The van der Waals surface area contributed by atoms with E-state index in [1.54, 1.807) is 31.2 Å². The number of hydrogen-bond acceptors (Lipinski definition) is 4. The summed E-state index contributed by atoms with van der Waals surface area (Å²) in [4.78, 5) is 25.6. The van der Waals surface area contributed by atoms with Gasteiger partial charge in [-0.2, -0.15) is 0 Å². The molecule has 0 spiro atoms. The van der Waals surface area contributed by atoms with Crippen LogP contribution in [0.25, 0.3) is 0 Å². The van der Waals surface area contributed by atoms with E-state index in [1.165, 1.54) is 11.3 Å². The highest BCUT2D eigenvalue weighted by Crippen LogP contribution is 2.22. The van der Waals surface area contributed by atoms with E-state index in [1.807, 2.05) is 19.9 Å². The summed E-state index contributed by atoms with van der Waals surface area (Å²) < 4.78 is 4.94. The normalized spacial score (nSPS) is 10.2. The van der Waals surface area contributed by atoms with E-state index in [9.17, 15) is 9.59 Å². The fraction of sp³-hybridized carbons (Fsp3) is 0.250. The summed E-state index contributed by atoms with van der Waals surface area (Å²) in [6, 6.07) is 8.60. The number of rotatable bonds is 4. The highest BCUT2D eigenvalue weighted by atomic mass is 32.1. The molecule has 5 heteroatoms. The smallest absolute Gasteiger partial charge is 0.338 e. The molecule has 1 aromatic heterocycles. The molecule has 2 aromatic rings. The summed E-state index contributed by atoms with van der Waals surface area (Å²) in [5, 5.41) is 2.80. The van der Waals surface area contributed by atoms with Gasteiger partial charge >= 0.3 is 5.97 Å². The summed E-state index contributed by atoms with van der Waals surface area (Å²) in [7, 11) is 0. The molecule has 0 saturated heterocycles. The number of amides is 1. The number of esters is 1. The number of ether oxygens (including phenoxy) is 1. The van der Waals surface area contributed by atoms with Crippen LogP contribution in [0.15, 0.2) is 30.3 Å². The Balaban J connectivity index is 2.14. The summed E-state index contributed by atoms with van der Waals surface area (Å²) in [5.74, 6) is -0.561. The number of carbonyl (C=O) groups excluding carboxylic acids is 2. The number of nitrogens with one attached hydrogen (secondary N) is 1. The van der Waals surface area contributed by atoms with Crippen molar-refractivity contribution in [1.82, 2.24) is 0 Å². The van der Waals surface area contributed by atoms with Crippen LogP contribution in [-0.4, -0.2) is 18.5 Å². The molecule has 0 radical (unpaired) electrons. The molecule has 0 aliphatic rings. The maximum atomic E-state index is 12.2. The lowest BCUT2D eigenvalue weighted by Gasteiger charge is -2.06. The summed E-state index contributed by atoms with van der Waals surface area (Å²) in [5.41, 5.74) is 2.10. The van der Waals surface area contributed by atoms with Crippen molar-refractivity contribution in [3.05, 3.63) is 51.2 Å². The summed E-state index contributed by atoms with van der Waals surface area (Å²) in [6.45, 7) is 6.04. The van der Waals surface area contributed by atoms with Crippen molar-refractivity contribution in [3.63, 3.8) is 0 Å². The van der Waals surface area contributed by atoms with E-state index in [2.05, 4.69) is 5.32 Å². The second kappa shape index (κ2) is 6.54. The largest absolute Gasteiger partial charge is 0.462 e. The van der Waals surface area contributed by atoms with Gasteiger partial charge in [0.1, 0.15) is 0 Å². The summed E-state index contributed by atoms with van der Waals surface area (Å²) in [6.07, 6.45) is 0. The molecule has 110 valence electrons. The molecule has 0 aliphatic heterocycles. The molecule has 0 unspecified atom stereocenters. The van der Waals surface area contributed by atoms with E-state index >= 15 is 0 Å². The molecule has 1 heterocycles. The zero-order chi connectivity index (χ0) is 15.4. The van der Waals surface area contributed by atoms with E-state index in [-0.39, 0.29) is 5.91 Å². The van der Waals surface area contributed by atoms with Crippen LogP contribution >= 0.6 is 11.3 Å². The van der Waals surface area contributed by atoms with Crippen molar-refractivity contribution in [2.24, 2.45) is 0 Å². The van der Waals surface area contributed by atoms with E-state index < -0.39 is 5.97 Å². The molecule has 21 heavy (non-hydrogen) atoms. The summed E-state index contributed by atoms with van der Waals surface area (Å²) >= 11 is 1.46. The average molecular weight is 303 g/mol. The van der Waals surface area contributed by atoms with Gasteiger partial charge in [0.25, 0.3) is 5.91 Å². The lowest BCUT2D eigenvalue weighted by atomic mass is 10.2. The van der Waals surface area contributed by atoms with Gasteiger partial charge in [-0.25, -0.2) is 4.79 Å². The van der Waals surface area contributed by atoms with Crippen LogP contribution in [0.2, 0.25) is 0 Å². The molecule has 4 nitrogen and oxygen atoms in total. The zero-order valence-electron chi connectivity index (χ0n) is 12.2. The first-order valence-electron chi connectivity index (χ1n) is 6.67. The standard InChI is InChI=1S/C16H17NO3S/c1-4-20-16(19)12-6-5-7-13(9-12)17-15(18)14-8-10(2)11(3)21-14/h5-9H,4H2,1-3H3,(H,17,18). The van der Waals surface area contributed by atoms with Gasteiger partial charge in [-0.05, 0) is 50.6 Å². The molecule has 0 fully saturated rings. The third kappa shape index (κ3) is 3.70. The van der Waals surface area contributed by atoms with Gasteiger partial charge in [0.05, 0.1) is 17.0 Å². The Morgan fingerprint density at radius 3 is 2.62 bits per heavy atom. The van der Waals surface area contributed by atoms with Crippen LogP contribution in [0.4, 0.5) is 5.69 Å². The topological polar surface area (TPSA) is 55.4 Å². The van der Waals surface area contributed by atoms with Crippen molar-refractivity contribution in [2.75, 3.05) is 11.9 Å². The molecule has 0 saturated carbocycles. The number of benzene rings is 1. The number of aryl methyl sites for hydroxylation is 2. The van der Waals surface area contributed by atoms with Crippen LogP contribution in [0.3, 0.4) is 0 Å². The maximum absolute atomic E-state index is 12.2. The van der Waals surface area contributed by atoms with Gasteiger partial charge in [0.2, 0.25) is 0 Å². The highest BCUT2D eigenvalue weighted by molar-refractivity contribution is 7.14. The Bertz CT molecular complexity index is 656. The van der Waals surface area contributed by atoms with E-state index in [0.29, 0.717) is 22.7 Å². The molecule has 1 amide bonds. The van der Waals surface area contributed by atoms with Crippen molar-refractivity contribution in [2.45, 2.75) is 20.8 Å². The van der Waals surface area contributed by atoms with Gasteiger partial charge in [0.15, 0.2) is 0 Å². The Kier molecular flexibility index (Phi) is 4.75. The minimum atomic E-state index is -0.392. The van der Waals surface area contributed by atoms with Crippen LogP contribution in [0.5, 0.6) is 0 Å². The Labute approximate surface area is 127 Å². The average Bonchev–Trinajstić information content (AvgIpc) is 2.79. The van der Waals surface area contributed by atoms with Gasteiger partial charge in [-0.15, -0.1) is 11.3 Å². The lowest BCUT2D eigenvalue weighted by molar-refractivity contribution is 0.0526. The van der Waals surface area contributed by atoms with Gasteiger partial charge in [-0.3, -0.25) is 4.79 Å². The number of thiophene rings is 1. The van der Waals surface area contributed by atoms with Crippen LogP contribution in [-0.2, 0) is 4.74 Å². The molecule has 1 N–H and O–H groups in total. The molecule has 1 aromatic carbocycles. The second-order valence-electron chi connectivity index (χ2n) is 4.61. The third-order valence-corrected chi connectivity index (χ3v) is 4.17. The number of anilines is 1. The Morgan fingerprint density at radius 1 is 1.24 bits per heavy atom. The number of hydrogen-bond donors (Lipinski definition) is 1. The van der Waals surface area contributed by atoms with E-state index in [0.717, 1.165) is 10.4 Å². The Morgan fingerprint density at radius 2 is 2.00 bits per heavy atom. The van der Waals surface area contributed by atoms with Gasteiger partial charge < -0.3 is 10.1 Å². The fourth-order valence-corrected chi connectivity index (χ4v) is 2.75. The van der Waals surface area contributed by atoms with Crippen LogP contribution in [0, 0.1) is 13.8 Å². The van der Waals surface area contributed by atoms with Crippen molar-refractivity contribution in [3.8, 4) is 0 Å². The molecular formula is C16H17NO3S. The molecular weight excluding hydrogens is 286 g/mol. The Hall–Kier alpha value is -2.14. The second-order valence-corrected chi connectivity index (χ2v) is 5.86. The van der Waals surface area contributed by atoms with Gasteiger partial charge in [-0.1, -0.05) is 6.07 Å². The molecule has 2 rings (SSSR count). The molecule has 0 atom stereocenters. The third-order valence-electron chi connectivity index (χ3n) is 3.02. The number of carbonyl (C=O) groups is 2. The predicted octanol–water partition coefficient (Wildman–Crippen LogP) is 3.79. The SMILES string of the molecule is CCOC(=O)c1cccc(NC(=O)c2cc(C)c(C)s2)c1. The minimum Gasteiger partial charge on any atom is -0.462 e. The van der Waals surface area contributed by atoms with Crippen LogP contribution < -0.4 is 5.32 Å². The van der Waals surface area contributed by atoms with Crippen LogP contribution in [0.1, 0.15) is 37.4 Å². The van der Waals surface area contributed by atoms with E-state index in [4.69, 9.17) is 4.74 Å².